The summed E-state index contributed by atoms with van der Waals surface area (Å²) in [5, 5.41) is 11.5. The molecule has 5 heterocycles. The molecule has 0 spiro atoms. The summed E-state index contributed by atoms with van der Waals surface area (Å²) in [5.41, 5.74) is -1.82. The third-order valence-corrected chi connectivity index (χ3v) is 18.6. The van der Waals surface area contributed by atoms with E-state index in [4.69, 9.17) is 99.5 Å². The lowest BCUT2D eigenvalue weighted by molar-refractivity contribution is -0.335. The summed E-state index contributed by atoms with van der Waals surface area (Å²) in [5.74, 6) is -12.0. The lowest BCUT2D eigenvalue weighted by Gasteiger charge is -2.47. The molecule has 34 heteroatoms. The van der Waals surface area contributed by atoms with Crippen LogP contribution in [0.3, 0.4) is 0 Å². The maximum atomic E-state index is 16.2. The number of Topliss-reactive ketones (excluding diaryl/α,β-unsaturated/α-hetero) is 2. The molecule has 0 amide bonds. The Kier molecular flexibility index (Phi) is 28.0. The number of fused-ring (bicyclic) bond motifs is 2. The Morgan fingerprint density at radius 3 is 1.36 bits per heavy atom. The van der Waals surface area contributed by atoms with E-state index in [1.165, 1.54) is 74.4 Å². The maximum Gasteiger partial charge on any atom is 0.308 e. The molecule has 2 aromatic rings. The smallest absolute Gasteiger partial charge is 0.308 e. The SMILES string of the molecule is CO[C@H](C(=O)[C@@H](OC(C)=O)[C@@H](C)OC(C)=O)[C@@H]1Cc2cc3cc(O[C@H]4C[C@@H](O[C@H]5C[C@@H](OC(C)=O)[C@H](OC(C)=O)[C@@H](C)O5)[C@H](OC(C)=O)[C@@H](C)O4)c(C)c(OC(C)=O)c3c(OC(C)=O)c2C(=O)[C@H]1O[C@H]1C[C@@H](O[C@H]2C[C@@H](O[C@H]3C[C@](C)(O)[C@H](OC(C)=O)[C@@H](C)O3)[C@@H](OC(C)=O)[C@@H](C)O2)[C@H](OC(C)=O)[C@@H](C)O1. The number of carbonyl (C=O) groups excluding carboxylic acids is 12. The molecule has 5 saturated heterocycles. The highest BCUT2D eigenvalue weighted by molar-refractivity contribution is 6.12. The Bertz CT molecular complexity index is 3620. The van der Waals surface area contributed by atoms with Crippen molar-refractivity contribution < 1.29 is 162 Å². The number of hydrogen-bond donors (Lipinski definition) is 1. The number of ether oxygens (including phenoxy) is 21. The first-order valence-corrected chi connectivity index (χ1v) is 34.9. The fourth-order valence-corrected chi connectivity index (χ4v) is 14.6. The molecule has 6 aliphatic rings. The molecule has 1 N–H and O–H groups in total. The van der Waals surface area contributed by atoms with Crippen LogP contribution in [-0.2, 0) is 144 Å². The van der Waals surface area contributed by atoms with Crippen LogP contribution in [0, 0.1) is 12.8 Å². The average molecular weight is 1510 g/mol. The summed E-state index contributed by atoms with van der Waals surface area (Å²) < 4.78 is 127. The van der Waals surface area contributed by atoms with E-state index in [0.717, 1.165) is 41.7 Å². The largest absolute Gasteiger partial charge is 0.464 e. The average Bonchev–Trinajstić information content (AvgIpc) is 0.725. The molecule has 5 fully saturated rings. The summed E-state index contributed by atoms with van der Waals surface area (Å²) >= 11 is 0. The Morgan fingerprint density at radius 1 is 0.500 bits per heavy atom. The zero-order chi connectivity index (χ0) is 78.4. The molecule has 106 heavy (non-hydrogen) atoms. The zero-order valence-corrected chi connectivity index (χ0v) is 62.7. The molecule has 0 bridgehead atoms. The van der Waals surface area contributed by atoms with E-state index in [-0.39, 0.29) is 71.1 Å². The van der Waals surface area contributed by atoms with Gasteiger partial charge in [0.2, 0.25) is 12.1 Å². The summed E-state index contributed by atoms with van der Waals surface area (Å²) in [7, 11) is 1.13. The summed E-state index contributed by atoms with van der Waals surface area (Å²) in [6, 6.07) is 2.97. The molecular weight excluding hydrogens is 1410 g/mol. The van der Waals surface area contributed by atoms with Crippen molar-refractivity contribution in [1.82, 2.24) is 0 Å². The van der Waals surface area contributed by atoms with Gasteiger partial charge in [0.15, 0.2) is 73.3 Å². The van der Waals surface area contributed by atoms with Crippen LogP contribution >= 0.6 is 0 Å². The molecule has 5 aliphatic heterocycles. The fourth-order valence-electron chi connectivity index (χ4n) is 14.6. The molecule has 0 radical (unpaired) electrons. The first-order valence-electron chi connectivity index (χ1n) is 34.9. The number of esters is 10. The number of benzene rings is 2. The van der Waals surface area contributed by atoms with Crippen molar-refractivity contribution in [3.8, 4) is 17.2 Å². The van der Waals surface area contributed by atoms with Crippen molar-refractivity contribution in [2.24, 2.45) is 5.92 Å². The first kappa shape index (κ1) is 83.7. The van der Waals surface area contributed by atoms with Crippen molar-refractivity contribution in [2.75, 3.05) is 7.11 Å². The number of hydrogen-bond acceptors (Lipinski definition) is 34. The van der Waals surface area contributed by atoms with E-state index in [9.17, 15) is 53.1 Å². The van der Waals surface area contributed by atoms with Crippen molar-refractivity contribution >= 4 is 82.0 Å². The zero-order valence-electron chi connectivity index (χ0n) is 62.7. The van der Waals surface area contributed by atoms with Crippen LogP contribution in [-0.4, -0.2) is 230 Å². The van der Waals surface area contributed by atoms with Gasteiger partial charge in [-0.3, -0.25) is 57.5 Å². The lowest BCUT2D eigenvalue weighted by atomic mass is 9.74. The molecule has 0 unspecified atom stereocenters. The Morgan fingerprint density at radius 2 is 0.915 bits per heavy atom. The normalized spacial score (nSPS) is 33.1. The minimum Gasteiger partial charge on any atom is -0.464 e. The van der Waals surface area contributed by atoms with E-state index in [1.807, 2.05) is 0 Å². The van der Waals surface area contributed by atoms with E-state index < -0.39 is 236 Å². The van der Waals surface area contributed by atoms with Crippen molar-refractivity contribution in [2.45, 2.75) is 310 Å². The molecule has 588 valence electrons. The number of ketones is 2. The van der Waals surface area contributed by atoms with E-state index in [0.29, 0.717) is 0 Å². The van der Waals surface area contributed by atoms with Gasteiger partial charge in [0.05, 0.1) is 41.5 Å². The Hall–Kier alpha value is -7.90. The molecule has 25 atom stereocenters. The van der Waals surface area contributed by atoms with Crippen molar-refractivity contribution in [1.29, 1.82) is 0 Å². The maximum absolute atomic E-state index is 16.2. The minimum atomic E-state index is -1.90. The highest BCUT2D eigenvalue weighted by atomic mass is 16.8. The van der Waals surface area contributed by atoms with Gasteiger partial charge in [0, 0.05) is 120 Å². The van der Waals surface area contributed by atoms with Gasteiger partial charge in [0.25, 0.3) is 0 Å². The van der Waals surface area contributed by atoms with Crippen LogP contribution in [0.25, 0.3) is 10.8 Å². The van der Waals surface area contributed by atoms with E-state index in [1.54, 1.807) is 27.7 Å². The second kappa shape index (κ2) is 35.4. The van der Waals surface area contributed by atoms with Crippen molar-refractivity contribution in [3.63, 3.8) is 0 Å². The van der Waals surface area contributed by atoms with Crippen LogP contribution in [0.1, 0.15) is 171 Å². The van der Waals surface area contributed by atoms with Crippen LogP contribution < -0.4 is 14.2 Å². The third kappa shape index (κ3) is 20.7. The van der Waals surface area contributed by atoms with E-state index >= 15 is 9.59 Å². The third-order valence-electron chi connectivity index (χ3n) is 18.6. The second-order valence-corrected chi connectivity index (χ2v) is 27.5. The highest BCUT2D eigenvalue weighted by Crippen LogP contribution is 2.49. The van der Waals surface area contributed by atoms with Crippen molar-refractivity contribution in [3.05, 3.63) is 28.8 Å². The van der Waals surface area contributed by atoms with Crippen LogP contribution in [0.5, 0.6) is 17.2 Å². The molecule has 0 aromatic heterocycles. The van der Waals surface area contributed by atoms with Gasteiger partial charge in [-0.1, -0.05) is 0 Å². The monoisotopic (exact) mass is 1500 g/mol. The molecule has 0 saturated carbocycles. The first-order chi connectivity index (χ1) is 49.6. The second-order valence-electron chi connectivity index (χ2n) is 27.5. The summed E-state index contributed by atoms with van der Waals surface area (Å²) in [6.45, 7) is 23.5. The Balaban J connectivity index is 1.19. The van der Waals surface area contributed by atoms with Gasteiger partial charge in [0.1, 0.15) is 59.8 Å². The van der Waals surface area contributed by atoms with Crippen LogP contribution in [0.4, 0.5) is 0 Å². The molecular formula is C72H96O34. The summed E-state index contributed by atoms with van der Waals surface area (Å²) in [6.07, 6.45) is -29.6. The lowest BCUT2D eigenvalue weighted by Crippen LogP contribution is -2.59. The van der Waals surface area contributed by atoms with Gasteiger partial charge in [-0.25, -0.2) is 0 Å². The van der Waals surface area contributed by atoms with Gasteiger partial charge < -0.3 is 105 Å². The fraction of sp³-hybridized carbons (Fsp3) is 0.694. The molecule has 2 aromatic carbocycles. The molecule has 8 rings (SSSR count). The highest BCUT2D eigenvalue weighted by Gasteiger charge is 2.55. The number of carbonyl (C=O) groups is 12. The molecule has 34 nitrogen and oxygen atoms in total. The van der Waals surface area contributed by atoms with Gasteiger partial charge in [-0.2, -0.15) is 0 Å². The molecule has 1 aliphatic carbocycles. The Labute approximate surface area is 611 Å². The predicted octanol–water partition coefficient (Wildman–Crippen LogP) is 4.76. The number of methoxy groups -OCH3 is 1. The number of aliphatic hydroxyl groups is 1. The van der Waals surface area contributed by atoms with Crippen LogP contribution in [0.2, 0.25) is 0 Å². The van der Waals surface area contributed by atoms with Gasteiger partial charge in [-0.15, -0.1) is 0 Å². The van der Waals surface area contributed by atoms with Crippen LogP contribution in [0.15, 0.2) is 12.1 Å². The number of rotatable bonds is 25. The van der Waals surface area contributed by atoms with Gasteiger partial charge in [-0.05, 0) is 84.9 Å². The van der Waals surface area contributed by atoms with Gasteiger partial charge >= 0.3 is 59.7 Å². The summed E-state index contributed by atoms with van der Waals surface area (Å²) in [4.78, 5) is 158. The topological polar surface area (TPSA) is 419 Å². The van der Waals surface area contributed by atoms with E-state index in [2.05, 4.69) is 0 Å². The quantitative estimate of drug-likeness (QED) is 0.0795. The predicted molar refractivity (Wildman–Crippen MR) is 354 cm³/mol. The standard InChI is InChI=1S/C72H96O34/c1-28-48(102-53-24-50(64(30(3)88-53)96-39(12)77)103-54-23-49(93-36(9)74)63(29(2)89-54)95-38(11)76)22-46-20-45-21-47(68(86-19)61(84)67(99-42(15)80)33(6)87-35(8)73)69(60(83)58(45)70(100-43(16)81)59(46)62(28)94-37(10)75)106-56-26-51(65(32(5)91-56)97-40(13)78)104-55-25-52(66(31(4)90-55)98-41(14)79)105-57-27-72(18,85)71(34(7)92-57)101-44(17)82/h20,22,29-34,47,49-57,63-69,71,85H,21,23-27H2,1-19H3/t29-,30-,31-,32-,33-,34-,47+,49-,50-,51-,52-,53+,54+,55+,56+,57+,63-,64-,65-,66+,67+,68+,69+,71-,72+/m1/s1. The minimum absolute atomic E-state index is 0.0138.